The second-order valence-corrected chi connectivity index (χ2v) is 5.30. The van der Waals surface area contributed by atoms with Gasteiger partial charge in [-0.2, -0.15) is 0 Å². The maximum atomic E-state index is 13.7. The molecule has 4 heteroatoms. The number of rotatable bonds is 1. The lowest BCUT2D eigenvalue weighted by molar-refractivity contribution is -0.0180. The van der Waals surface area contributed by atoms with Crippen LogP contribution in [0.5, 0.6) is 0 Å². The van der Waals surface area contributed by atoms with Crippen molar-refractivity contribution in [3.8, 4) is 0 Å². The fourth-order valence-electron chi connectivity index (χ4n) is 3.21. The van der Waals surface area contributed by atoms with Gasteiger partial charge in [-0.05, 0) is 30.9 Å². The molecule has 1 N–H and O–H groups in total. The molecule has 1 saturated heterocycles. The first-order chi connectivity index (χ1) is 8.64. The van der Waals surface area contributed by atoms with Gasteiger partial charge in [-0.25, -0.2) is 8.78 Å². The first kappa shape index (κ1) is 11.9. The first-order valence-corrected chi connectivity index (χ1v) is 6.49. The van der Waals surface area contributed by atoms with Gasteiger partial charge >= 0.3 is 0 Å². The van der Waals surface area contributed by atoms with E-state index in [-0.39, 0.29) is 11.5 Å². The van der Waals surface area contributed by atoms with Gasteiger partial charge in [0.05, 0.1) is 11.8 Å². The van der Waals surface area contributed by atoms with E-state index in [2.05, 4.69) is 12.2 Å². The standard InChI is InChI=1S/C14H17F2NO/c1-2-10-7-14(3-4-18-10)8-17-13-11(14)5-9(15)6-12(13)16/h5-6,10,17H,2-4,7-8H2,1H3. The fourth-order valence-corrected chi connectivity index (χ4v) is 3.21. The summed E-state index contributed by atoms with van der Waals surface area (Å²) in [5.74, 6) is -0.977. The predicted octanol–water partition coefficient (Wildman–Crippen LogP) is 3.22. The van der Waals surface area contributed by atoms with Crippen molar-refractivity contribution in [1.82, 2.24) is 0 Å². The summed E-state index contributed by atoms with van der Waals surface area (Å²) >= 11 is 0. The van der Waals surface area contributed by atoms with Gasteiger partial charge in [-0.3, -0.25) is 0 Å². The summed E-state index contributed by atoms with van der Waals surface area (Å²) < 4.78 is 32.8. The molecule has 98 valence electrons. The number of benzene rings is 1. The van der Waals surface area contributed by atoms with Crippen molar-refractivity contribution in [3.05, 3.63) is 29.3 Å². The molecule has 0 radical (unpaired) electrons. The minimum atomic E-state index is -0.492. The smallest absolute Gasteiger partial charge is 0.149 e. The second-order valence-electron chi connectivity index (χ2n) is 5.30. The average molecular weight is 253 g/mol. The van der Waals surface area contributed by atoms with Crippen LogP contribution in [0.2, 0.25) is 0 Å². The fraction of sp³-hybridized carbons (Fsp3) is 0.571. The van der Waals surface area contributed by atoms with E-state index in [0.717, 1.165) is 30.9 Å². The van der Waals surface area contributed by atoms with Gasteiger partial charge in [0.2, 0.25) is 0 Å². The molecule has 2 nitrogen and oxygen atoms in total. The topological polar surface area (TPSA) is 21.3 Å². The van der Waals surface area contributed by atoms with Crippen molar-refractivity contribution in [2.24, 2.45) is 0 Å². The SMILES string of the molecule is CCC1CC2(CCO1)CNc1c(F)cc(F)cc12. The van der Waals surface area contributed by atoms with Gasteiger partial charge in [0.15, 0.2) is 0 Å². The Morgan fingerprint density at radius 3 is 3.06 bits per heavy atom. The lowest BCUT2D eigenvalue weighted by Crippen LogP contribution is -2.40. The lowest BCUT2D eigenvalue weighted by Gasteiger charge is -2.38. The highest BCUT2D eigenvalue weighted by atomic mass is 19.1. The average Bonchev–Trinajstić information content (AvgIpc) is 2.69. The van der Waals surface area contributed by atoms with E-state index in [1.807, 2.05) is 0 Å². The molecule has 1 aromatic carbocycles. The highest BCUT2D eigenvalue weighted by Crippen LogP contribution is 2.46. The molecule has 0 aromatic heterocycles. The van der Waals surface area contributed by atoms with Gasteiger partial charge in [0, 0.05) is 24.6 Å². The number of fused-ring (bicyclic) bond motifs is 2. The van der Waals surface area contributed by atoms with Gasteiger partial charge in [-0.1, -0.05) is 6.92 Å². The van der Waals surface area contributed by atoms with E-state index in [0.29, 0.717) is 18.8 Å². The maximum Gasteiger partial charge on any atom is 0.149 e. The molecule has 0 saturated carbocycles. The van der Waals surface area contributed by atoms with Crippen LogP contribution >= 0.6 is 0 Å². The van der Waals surface area contributed by atoms with Gasteiger partial charge in [-0.15, -0.1) is 0 Å². The quantitative estimate of drug-likeness (QED) is 0.829. The van der Waals surface area contributed by atoms with Crippen LogP contribution in [-0.2, 0) is 10.2 Å². The van der Waals surface area contributed by atoms with Crippen LogP contribution in [0.25, 0.3) is 0 Å². The number of halogens is 2. The number of hydrogen-bond donors (Lipinski definition) is 1. The van der Waals surface area contributed by atoms with Crippen LogP contribution in [0.1, 0.15) is 31.7 Å². The molecule has 0 amide bonds. The highest BCUT2D eigenvalue weighted by Gasteiger charge is 2.44. The zero-order chi connectivity index (χ0) is 12.8. The van der Waals surface area contributed by atoms with Crippen LogP contribution in [0.3, 0.4) is 0 Å². The van der Waals surface area contributed by atoms with Gasteiger partial charge < -0.3 is 10.1 Å². The third kappa shape index (κ3) is 1.70. The molecular weight excluding hydrogens is 236 g/mol. The molecule has 1 aromatic rings. The Bertz CT molecular complexity index is 477. The van der Waals surface area contributed by atoms with Crippen molar-refractivity contribution in [2.45, 2.75) is 37.7 Å². The zero-order valence-corrected chi connectivity index (χ0v) is 10.4. The Labute approximate surface area is 105 Å². The Morgan fingerprint density at radius 2 is 2.28 bits per heavy atom. The van der Waals surface area contributed by atoms with E-state index < -0.39 is 11.6 Å². The summed E-state index contributed by atoms with van der Waals surface area (Å²) in [7, 11) is 0. The van der Waals surface area contributed by atoms with Crippen molar-refractivity contribution in [2.75, 3.05) is 18.5 Å². The number of hydrogen-bond acceptors (Lipinski definition) is 2. The Balaban J connectivity index is 2.03. The largest absolute Gasteiger partial charge is 0.382 e. The van der Waals surface area contributed by atoms with Crippen LogP contribution < -0.4 is 5.32 Å². The lowest BCUT2D eigenvalue weighted by atomic mass is 9.73. The molecule has 2 unspecified atom stereocenters. The predicted molar refractivity (Wildman–Crippen MR) is 65.8 cm³/mol. The number of ether oxygens (including phenoxy) is 1. The molecule has 0 aliphatic carbocycles. The summed E-state index contributed by atoms with van der Waals surface area (Å²) in [6, 6.07) is 2.43. The number of anilines is 1. The van der Waals surface area contributed by atoms with Gasteiger partial charge in [0.1, 0.15) is 11.6 Å². The molecule has 2 heterocycles. The van der Waals surface area contributed by atoms with Gasteiger partial charge in [0.25, 0.3) is 0 Å². The van der Waals surface area contributed by atoms with Crippen LogP contribution in [-0.4, -0.2) is 19.3 Å². The highest BCUT2D eigenvalue weighted by molar-refractivity contribution is 5.61. The minimum absolute atomic E-state index is 0.156. The van der Waals surface area contributed by atoms with Crippen molar-refractivity contribution in [3.63, 3.8) is 0 Å². The van der Waals surface area contributed by atoms with E-state index in [9.17, 15) is 8.78 Å². The molecule has 2 aliphatic rings. The molecule has 2 aliphatic heterocycles. The molecule has 3 rings (SSSR count). The Morgan fingerprint density at radius 1 is 1.44 bits per heavy atom. The summed E-state index contributed by atoms with van der Waals surface area (Å²) in [6.07, 6.45) is 2.80. The normalized spacial score (nSPS) is 30.3. The number of nitrogens with one attached hydrogen (secondary N) is 1. The van der Waals surface area contributed by atoms with Crippen molar-refractivity contribution >= 4 is 5.69 Å². The van der Waals surface area contributed by atoms with Crippen molar-refractivity contribution < 1.29 is 13.5 Å². The maximum absolute atomic E-state index is 13.7. The molecule has 1 fully saturated rings. The van der Waals surface area contributed by atoms with E-state index in [4.69, 9.17) is 4.74 Å². The first-order valence-electron chi connectivity index (χ1n) is 6.49. The third-order valence-corrected chi connectivity index (χ3v) is 4.24. The summed E-state index contributed by atoms with van der Waals surface area (Å²) in [5, 5.41) is 3.10. The molecular formula is C14H17F2NO. The summed E-state index contributed by atoms with van der Waals surface area (Å²) in [5.41, 5.74) is 1.12. The zero-order valence-electron chi connectivity index (χ0n) is 10.4. The Kier molecular flexibility index (Phi) is 2.77. The summed E-state index contributed by atoms with van der Waals surface area (Å²) in [4.78, 5) is 0. The van der Waals surface area contributed by atoms with Crippen LogP contribution in [0, 0.1) is 11.6 Å². The van der Waals surface area contributed by atoms with Crippen molar-refractivity contribution in [1.29, 1.82) is 0 Å². The molecule has 2 atom stereocenters. The van der Waals surface area contributed by atoms with Crippen LogP contribution in [0.4, 0.5) is 14.5 Å². The van der Waals surface area contributed by atoms with E-state index in [1.165, 1.54) is 6.07 Å². The van der Waals surface area contributed by atoms with Crippen LogP contribution in [0.15, 0.2) is 12.1 Å². The monoisotopic (exact) mass is 253 g/mol. The molecule has 1 spiro atoms. The Hall–Kier alpha value is -1.16. The third-order valence-electron chi connectivity index (χ3n) is 4.24. The van der Waals surface area contributed by atoms with E-state index in [1.54, 1.807) is 0 Å². The second kappa shape index (κ2) is 4.19. The minimum Gasteiger partial charge on any atom is -0.382 e. The summed E-state index contributed by atoms with van der Waals surface area (Å²) in [6.45, 7) is 3.43. The molecule has 0 bridgehead atoms. The molecule has 18 heavy (non-hydrogen) atoms. The van der Waals surface area contributed by atoms with E-state index >= 15 is 0 Å².